The van der Waals surface area contributed by atoms with Gasteiger partial charge in [-0.15, -0.1) is 0 Å². The van der Waals surface area contributed by atoms with Crippen LogP contribution < -0.4 is 9.16 Å². The lowest BCUT2D eigenvalue weighted by atomic mass is 10.1. The van der Waals surface area contributed by atoms with Crippen LogP contribution in [0.1, 0.15) is 45.0 Å². The minimum atomic E-state index is -1.97. The van der Waals surface area contributed by atoms with E-state index in [1.165, 1.54) is 0 Å². The second-order valence-corrected chi connectivity index (χ2v) is 13.0. The first-order chi connectivity index (χ1) is 12.0. The second-order valence-electron chi connectivity index (χ2n) is 8.29. The number of aromatic nitrogens is 1. The van der Waals surface area contributed by atoms with Crippen LogP contribution in [0.5, 0.6) is 11.5 Å². The molecule has 0 aliphatic heterocycles. The first kappa shape index (κ1) is 20.2. The van der Waals surface area contributed by atoms with Crippen molar-refractivity contribution in [3.05, 3.63) is 42.1 Å². The number of nitrogens with zero attached hydrogens (tertiary/aromatic N) is 1. The van der Waals surface area contributed by atoms with Crippen LogP contribution in [-0.2, 0) is 0 Å². The SMILES string of the molecule is CC(C)Oc1cc(-c2ccc(C=O)cn2)ccc1O[Si](C)(C)C(C)(C)C. The summed E-state index contributed by atoms with van der Waals surface area (Å²) in [5.41, 5.74) is 2.29. The Morgan fingerprint density at radius 1 is 1.08 bits per heavy atom. The van der Waals surface area contributed by atoms with Gasteiger partial charge in [0.2, 0.25) is 0 Å². The minimum Gasteiger partial charge on any atom is -0.541 e. The van der Waals surface area contributed by atoms with Crippen LogP contribution in [-0.4, -0.2) is 25.7 Å². The van der Waals surface area contributed by atoms with Crippen molar-refractivity contribution in [2.24, 2.45) is 0 Å². The summed E-state index contributed by atoms with van der Waals surface area (Å²) in [6, 6.07) is 9.51. The van der Waals surface area contributed by atoms with Gasteiger partial charge in [-0.3, -0.25) is 9.78 Å². The van der Waals surface area contributed by atoms with E-state index < -0.39 is 8.32 Å². The van der Waals surface area contributed by atoms with Gasteiger partial charge in [-0.05, 0) is 62.3 Å². The Labute approximate surface area is 157 Å². The number of hydrogen-bond donors (Lipinski definition) is 0. The molecule has 2 rings (SSSR count). The molecule has 0 aliphatic carbocycles. The molecule has 2 aromatic rings. The number of rotatable bonds is 6. The van der Waals surface area contributed by atoms with E-state index in [2.05, 4.69) is 38.8 Å². The summed E-state index contributed by atoms with van der Waals surface area (Å²) >= 11 is 0. The lowest BCUT2D eigenvalue weighted by Crippen LogP contribution is -2.44. The average Bonchev–Trinajstić information content (AvgIpc) is 2.55. The molecule has 1 aromatic carbocycles. The highest BCUT2D eigenvalue weighted by Crippen LogP contribution is 2.41. The van der Waals surface area contributed by atoms with Gasteiger partial charge in [0.1, 0.15) is 5.75 Å². The van der Waals surface area contributed by atoms with E-state index in [1.807, 2.05) is 38.1 Å². The molecule has 0 amide bonds. The maximum absolute atomic E-state index is 10.8. The topological polar surface area (TPSA) is 48.4 Å². The molecular weight excluding hydrogens is 342 g/mol. The van der Waals surface area contributed by atoms with E-state index in [1.54, 1.807) is 12.3 Å². The molecule has 0 aliphatic rings. The van der Waals surface area contributed by atoms with Gasteiger partial charge in [0.05, 0.1) is 11.8 Å². The molecule has 26 heavy (non-hydrogen) atoms. The standard InChI is InChI=1S/C21H29NO3Si/c1-15(2)24-20-12-17(18-10-8-16(14-23)13-22-18)9-11-19(20)25-26(6,7)21(3,4)5/h8-15H,1-7H3. The number of carbonyl (C=O) groups is 1. The van der Waals surface area contributed by atoms with E-state index in [-0.39, 0.29) is 11.1 Å². The first-order valence-corrected chi connectivity index (χ1v) is 11.9. The van der Waals surface area contributed by atoms with Gasteiger partial charge in [0, 0.05) is 17.3 Å². The number of aldehydes is 1. The molecule has 1 heterocycles. The largest absolute Gasteiger partial charge is 0.541 e. The fourth-order valence-corrected chi connectivity index (χ4v) is 3.20. The molecule has 0 unspecified atom stereocenters. The van der Waals surface area contributed by atoms with Gasteiger partial charge in [0.15, 0.2) is 12.0 Å². The average molecular weight is 372 g/mol. The number of ether oxygens (including phenoxy) is 1. The summed E-state index contributed by atoms with van der Waals surface area (Å²) in [7, 11) is -1.97. The molecule has 5 heteroatoms. The van der Waals surface area contributed by atoms with Gasteiger partial charge in [-0.1, -0.05) is 20.8 Å². The summed E-state index contributed by atoms with van der Waals surface area (Å²) in [6.07, 6.45) is 2.41. The van der Waals surface area contributed by atoms with E-state index in [0.717, 1.165) is 29.0 Å². The monoisotopic (exact) mass is 371 g/mol. The van der Waals surface area contributed by atoms with Crippen molar-refractivity contribution in [1.29, 1.82) is 0 Å². The van der Waals surface area contributed by atoms with Crippen LogP contribution in [0.2, 0.25) is 18.1 Å². The lowest BCUT2D eigenvalue weighted by Gasteiger charge is -2.37. The first-order valence-electron chi connectivity index (χ1n) is 8.95. The molecule has 140 valence electrons. The summed E-state index contributed by atoms with van der Waals surface area (Å²) in [5.74, 6) is 1.50. The molecule has 0 bridgehead atoms. The van der Waals surface area contributed by atoms with Crippen LogP contribution in [0.4, 0.5) is 0 Å². The predicted molar refractivity (Wildman–Crippen MR) is 109 cm³/mol. The highest BCUT2D eigenvalue weighted by Gasteiger charge is 2.39. The van der Waals surface area contributed by atoms with Crippen molar-refractivity contribution in [2.75, 3.05) is 0 Å². The Balaban J connectivity index is 2.42. The Hall–Kier alpha value is -2.14. The third-order valence-electron chi connectivity index (χ3n) is 4.70. The maximum atomic E-state index is 10.8. The Bertz CT molecular complexity index is 762. The van der Waals surface area contributed by atoms with Crippen LogP contribution in [0.25, 0.3) is 11.3 Å². The Kier molecular flexibility index (Phi) is 5.91. The number of hydrogen-bond acceptors (Lipinski definition) is 4. The Morgan fingerprint density at radius 2 is 1.77 bits per heavy atom. The highest BCUT2D eigenvalue weighted by atomic mass is 28.4. The van der Waals surface area contributed by atoms with E-state index in [4.69, 9.17) is 9.16 Å². The normalized spacial score (nSPS) is 12.2. The summed E-state index contributed by atoms with van der Waals surface area (Å²) in [6.45, 7) is 15.1. The fourth-order valence-electron chi connectivity index (χ4n) is 2.17. The molecule has 4 nitrogen and oxygen atoms in total. The van der Waals surface area contributed by atoms with Gasteiger partial charge in [-0.25, -0.2) is 0 Å². The number of pyridine rings is 1. The number of carbonyl (C=O) groups excluding carboxylic acids is 1. The van der Waals surface area contributed by atoms with Crippen LogP contribution >= 0.6 is 0 Å². The van der Waals surface area contributed by atoms with E-state index in [0.29, 0.717) is 5.56 Å². The second kappa shape index (κ2) is 7.62. The molecule has 0 fully saturated rings. The van der Waals surface area contributed by atoms with E-state index in [9.17, 15) is 4.79 Å². The van der Waals surface area contributed by atoms with Crippen molar-refractivity contribution in [2.45, 2.75) is 58.9 Å². The quantitative estimate of drug-likeness (QED) is 0.480. The zero-order chi connectivity index (χ0) is 19.5. The van der Waals surface area contributed by atoms with Crippen molar-refractivity contribution in [3.8, 4) is 22.8 Å². The molecule has 1 aromatic heterocycles. The molecule has 0 saturated carbocycles. The van der Waals surface area contributed by atoms with Crippen LogP contribution in [0.15, 0.2) is 36.5 Å². The Morgan fingerprint density at radius 3 is 2.27 bits per heavy atom. The number of benzene rings is 1. The molecule has 0 saturated heterocycles. The minimum absolute atomic E-state index is 0.0393. The van der Waals surface area contributed by atoms with Crippen molar-refractivity contribution in [1.82, 2.24) is 4.98 Å². The van der Waals surface area contributed by atoms with Gasteiger partial charge in [-0.2, -0.15) is 0 Å². The molecule has 0 atom stereocenters. The van der Waals surface area contributed by atoms with Crippen molar-refractivity contribution < 1.29 is 14.0 Å². The summed E-state index contributed by atoms with van der Waals surface area (Å²) in [4.78, 5) is 15.2. The molecule has 0 spiro atoms. The molecular formula is C21H29NO3Si. The van der Waals surface area contributed by atoms with E-state index >= 15 is 0 Å². The van der Waals surface area contributed by atoms with Crippen molar-refractivity contribution >= 4 is 14.6 Å². The molecule has 0 N–H and O–H groups in total. The summed E-state index contributed by atoms with van der Waals surface area (Å²) < 4.78 is 12.5. The fraction of sp³-hybridized carbons (Fsp3) is 0.429. The van der Waals surface area contributed by atoms with Crippen LogP contribution in [0.3, 0.4) is 0 Å². The zero-order valence-electron chi connectivity index (χ0n) is 16.8. The third-order valence-corrected chi connectivity index (χ3v) is 9.04. The van der Waals surface area contributed by atoms with Crippen LogP contribution in [0, 0.1) is 0 Å². The maximum Gasteiger partial charge on any atom is 0.250 e. The third kappa shape index (κ3) is 4.73. The van der Waals surface area contributed by atoms with Gasteiger partial charge in [0.25, 0.3) is 8.32 Å². The van der Waals surface area contributed by atoms with Gasteiger partial charge < -0.3 is 9.16 Å². The smallest absolute Gasteiger partial charge is 0.250 e. The summed E-state index contributed by atoms with van der Waals surface area (Å²) in [5, 5.41) is 0.104. The zero-order valence-corrected chi connectivity index (χ0v) is 17.8. The van der Waals surface area contributed by atoms with Crippen molar-refractivity contribution in [3.63, 3.8) is 0 Å². The van der Waals surface area contributed by atoms with Gasteiger partial charge >= 0.3 is 0 Å². The lowest BCUT2D eigenvalue weighted by molar-refractivity contribution is 0.112. The highest BCUT2D eigenvalue weighted by molar-refractivity contribution is 6.74. The predicted octanol–water partition coefficient (Wildman–Crippen LogP) is 5.73. The molecule has 0 radical (unpaired) electrons.